The van der Waals surface area contributed by atoms with Crippen molar-refractivity contribution in [2.45, 2.75) is 16.7 Å². The third kappa shape index (κ3) is 2.72. The van der Waals surface area contributed by atoms with Crippen LogP contribution in [0.1, 0.15) is 6.92 Å². The fraction of sp³-hybridized carbons (Fsp3) is 0.250. The van der Waals surface area contributed by atoms with Crippen molar-refractivity contribution in [1.29, 1.82) is 0 Å². The van der Waals surface area contributed by atoms with Gasteiger partial charge in [-0.1, -0.05) is 6.92 Å². The van der Waals surface area contributed by atoms with Gasteiger partial charge < -0.3 is 0 Å². The van der Waals surface area contributed by atoms with Crippen LogP contribution >= 0.6 is 10.7 Å². The van der Waals surface area contributed by atoms with Crippen molar-refractivity contribution in [3.05, 3.63) is 24.0 Å². The minimum atomic E-state index is -4.22. The molecule has 0 aliphatic rings. The SMILES string of the molecule is CCS(=O)(=O)c1cc(F)ccc1S(=O)(=O)Cl. The smallest absolute Gasteiger partial charge is 0.224 e. The maximum Gasteiger partial charge on any atom is 0.262 e. The van der Waals surface area contributed by atoms with E-state index in [0.29, 0.717) is 6.07 Å². The van der Waals surface area contributed by atoms with E-state index in [-0.39, 0.29) is 5.75 Å². The van der Waals surface area contributed by atoms with Crippen LogP contribution in [0.15, 0.2) is 28.0 Å². The van der Waals surface area contributed by atoms with Gasteiger partial charge >= 0.3 is 0 Å². The van der Waals surface area contributed by atoms with E-state index in [0.717, 1.165) is 12.1 Å². The highest BCUT2D eigenvalue weighted by atomic mass is 35.7. The summed E-state index contributed by atoms with van der Waals surface area (Å²) in [6, 6.07) is 2.32. The third-order valence-corrected chi connectivity index (χ3v) is 5.16. The summed E-state index contributed by atoms with van der Waals surface area (Å²) in [5.74, 6) is -1.17. The summed E-state index contributed by atoms with van der Waals surface area (Å²) in [5.41, 5.74) is 0. The van der Waals surface area contributed by atoms with Gasteiger partial charge in [-0.3, -0.25) is 0 Å². The molecule has 0 heterocycles. The minimum absolute atomic E-state index is 0.337. The molecule has 1 aromatic rings. The summed E-state index contributed by atoms with van der Waals surface area (Å²) >= 11 is 0. The zero-order chi connectivity index (χ0) is 12.6. The summed E-state index contributed by atoms with van der Waals surface area (Å²) < 4.78 is 58.2. The number of rotatable bonds is 3. The number of sulfone groups is 1. The van der Waals surface area contributed by atoms with E-state index in [1.165, 1.54) is 6.92 Å². The van der Waals surface area contributed by atoms with Crippen LogP contribution in [0.4, 0.5) is 4.39 Å². The van der Waals surface area contributed by atoms with Crippen molar-refractivity contribution in [1.82, 2.24) is 0 Å². The zero-order valence-electron chi connectivity index (χ0n) is 8.14. The monoisotopic (exact) mass is 286 g/mol. The van der Waals surface area contributed by atoms with E-state index in [4.69, 9.17) is 10.7 Å². The van der Waals surface area contributed by atoms with Gasteiger partial charge in [-0.25, -0.2) is 21.2 Å². The van der Waals surface area contributed by atoms with Crippen molar-refractivity contribution in [3.63, 3.8) is 0 Å². The average Bonchev–Trinajstić information content (AvgIpc) is 2.15. The van der Waals surface area contributed by atoms with E-state index in [2.05, 4.69) is 0 Å². The minimum Gasteiger partial charge on any atom is -0.224 e. The quantitative estimate of drug-likeness (QED) is 0.791. The Balaban J connectivity index is 3.68. The van der Waals surface area contributed by atoms with Crippen molar-refractivity contribution in [2.75, 3.05) is 5.75 Å². The highest BCUT2D eigenvalue weighted by molar-refractivity contribution is 8.14. The molecule has 90 valence electrons. The zero-order valence-corrected chi connectivity index (χ0v) is 10.5. The number of benzene rings is 1. The lowest BCUT2D eigenvalue weighted by Crippen LogP contribution is -2.09. The highest BCUT2D eigenvalue weighted by Gasteiger charge is 2.24. The second kappa shape index (κ2) is 4.31. The van der Waals surface area contributed by atoms with E-state index in [1.807, 2.05) is 0 Å². The predicted octanol–water partition coefficient (Wildman–Crippen LogP) is 1.55. The van der Waals surface area contributed by atoms with Crippen LogP contribution in [0.2, 0.25) is 0 Å². The van der Waals surface area contributed by atoms with Crippen LogP contribution in [0, 0.1) is 5.82 Å². The Labute approximate surface area is 97.4 Å². The summed E-state index contributed by atoms with van der Waals surface area (Å²) in [7, 11) is -2.99. The molecule has 0 aromatic heterocycles. The molecule has 0 aliphatic carbocycles. The standard InChI is InChI=1S/C8H8ClFO4S2/c1-2-15(11,12)8-5-6(10)3-4-7(8)16(9,13)14/h3-5H,2H2,1H3. The summed E-state index contributed by atoms with van der Waals surface area (Å²) in [6.07, 6.45) is 0. The van der Waals surface area contributed by atoms with Crippen LogP contribution in [0.25, 0.3) is 0 Å². The first-order valence-corrected chi connectivity index (χ1v) is 8.11. The van der Waals surface area contributed by atoms with Crippen LogP contribution < -0.4 is 0 Å². The lowest BCUT2D eigenvalue weighted by molar-refractivity contribution is 0.582. The molecule has 0 radical (unpaired) electrons. The van der Waals surface area contributed by atoms with Gasteiger partial charge in [0.1, 0.15) is 10.7 Å². The number of halogens is 2. The third-order valence-electron chi connectivity index (χ3n) is 1.88. The molecule has 0 aliphatic heterocycles. The second-order valence-electron chi connectivity index (χ2n) is 2.93. The summed E-state index contributed by atoms with van der Waals surface area (Å²) in [5, 5.41) is 0. The molecule has 0 unspecified atom stereocenters. The van der Waals surface area contributed by atoms with E-state index in [1.54, 1.807) is 0 Å². The Morgan fingerprint density at radius 1 is 1.19 bits per heavy atom. The first-order chi connectivity index (χ1) is 7.18. The molecular formula is C8H8ClFO4S2. The predicted molar refractivity (Wildman–Crippen MR) is 57.2 cm³/mol. The molecule has 0 N–H and O–H groups in total. The molecule has 0 atom stereocenters. The molecule has 1 aromatic carbocycles. The Hall–Kier alpha value is -0.660. The maximum absolute atomic E-state index is 12.9. The van der Waals surface area contributed by atoms with Gasteiger partial charge in [-0.05, 0) is 18.2 Å². The Morgan fingerprint density at radius 2 is 1.75 bits per heavy atom. The van der Waals surface area contributed by atoms with Crippen molar-refractivity contribution < 1.29 is 21.2 Å². The van der Waals surface area contributed by atoms with Gasteiger partial charge in [-0.15, -0.1) is 0 Å². The summed E-state index contributed by atoms with van der Waals surface area (Å²) in [4.78, 5) is -1.21. The molecule has 16 heavy (non-hydrogen) atoms. The Morgan fingerprint density at radius 3 is 2.19 bits per heavy atom. The summed E-state index contributed by atoms with van der Waals surface area (Å²) in [6.45, 7) is 1.32. The molecule has 4 nitrogen and oxygen atoms in total. The molecule has 0 fully saturated rings. The van der Waals surface area contributed by atoms with Crippen LogP contribution in [-0.2, 0) is 18.9 Å². The topological polar surface area (TPSA) is 68.3 Å². The van der Waals surface area contributed by atoms with Crippen molar-refractivity contribution >= 4 is 29.6 Å². The highest BCUT2D eigenvalue weighted by Crippen LogP contribution is 2.25. The first kappa shape index (κ1) is 13.4. The molecule has 8 heteroatoms. The Bertz CT molecular complexity index is 607. The molecule has 0 bridgehead atoms. The number of hydrogen-bond donors (Lipinski definition) is 0. The van der Waals surface area contributed by atoms with Gasteiger partial charge in [-0.2, -0.15) is 0 Å². The lowest BCUT2D eigenvalue weighted by atomic mass is 10.3. The van der Waals surface area contributed by atoms with Crippen LogP contribution in [0.5, 0.6) is 0 Å². The van der Waals surface area contributed by atoms with Crippen molar-refractivity contribution in [2.24, 2.45) is 0 Å². The van der Waals surface area contributed by atoms with Gasteiger partial charge in [0, 0.05) is 10.7 Å². The van der Waals surface area contributed by atoms with Crippen LogP contribution in [0.3, 0.4) is 0 Å². The van der Waals surface area contributed by atoms with Gasteiger partial charge in [0.2, 0.25) is 0 Å². The van der Waals surface area contributed by atoms with Gasteiger partial charge in [0.25, 0.3) is 9.05 Å². The van der Waals surface area contributed by atoms with Gasteiger partial charge in [0.15, 0.2) is 9.84 Å². The molecular weight excluding hydrogens is 279 g/mol. The fourth-order valence-corrected chi connectivity index (χ4v) is 3.84. The molecule has 0 amide bonds. The lowest BCUT2D eigenvalue weighted by Gasteiger charge is -2.06. The number of hydrogen-bond acceptors (Lipinski definition) is 4. The normalized spacial score (nSPS) is 12.7. The fourth-order valence-electron chi connectivity index (χ4n) is 1.08. The Kier molecular flexibility index (Phi) is 3.61. The van der Waals surface area contributed by atoms with E-state index < -0.39 is 34.5 Å². The first-order valence-electron chi connectivity index (χ1n) is 4.15. The van der Waals surface area contributed by atoms with E-state index in [9.17, 15) is 21.2 Å². The average molecular weight is 287 g/mol. The molecule has 0 saturated heterocycles. The van der Waals surface area contributed by atoms with E-state index >= 15 is 0 Å². The molecule has 0 spiro atoms. The molecule has 0 saturated carbocycles. The van der Waals surface area contributed by atoms with Crippen LogP contribution in [-0.4, -0.2) is 22.6 Å². The second-order valence-corrected chi connectivity index (χ2v) is 7.71. The largest absolute Gasteiger partial charge is 0.262 e. The maximum atomic E-state index is 12.9. The van der Waals surface area contributed by atoms with Crippen molar-refractivity contribution in [3.8, 4) is 0 Å². The molecule has 1 rings (SSSR count). The van der Waals surface area contributed by atoms with Gasteiger partial charge in [0.05, 0.1) is 10.6 Å².